The highest BCUT2D eigenvalue weighted by molar-refractivity contribution is 6.42. The molecule has 126 valence electrons. The number of halogens is 2. The number of alkyl carbamates (subject to hydrolysis) is 1. The largest absolute Gasteiger partial charge is 0.444 e. The van der Waals surface area contributed by atoms with E-state index < -0.39 is 11.7 Å². The molecule has 1 aromatic carbocycles. The van der Waals surface area contributed by atoms with Gasteiger partial charge in [0.15, 0.2) is 0 Å². The molecule has 0 radical (unpaired) electrons. The Labute approximate surface area is 146 Å². The summed E-state index contributed by atoms with van der Waals surface area (Å²) in [5, 5.41) is 6.08. The zero-order chi connectivity index (χ0) is 17.5. The molecule has 7 heteroatoms. The normalized spacial score (nSPS) is 11.3. The summed E-state index contributed by atoms with van der Waals surface area (Å²) in [5.41, 5.74) is 0.220. The van der Waals surface area contributed by atoms with Gasteiger partial charge in [-0.05, 0) is 44.5 Å². The molecule has 0 bridgehead atoms. The van der Waals surface area contributed by atoms with Crippen molar-refractivity contribution in [1.82, 2.24) is 10.6 Å². The summed E-state index contributed by atoms with van der Waals surface area (Å²) in [5.74, 6) is -0.276. The fraction of sp³-hybridized carbons (Fsp3) is 0.375. The van der Waals surface area contributed by atoms with Gasteiger partial charge in [-0.1, -0.05) is 29.3 Å². The summed E-state index contributed by atoms with van der Waals surface area (Å²) in [4.78, 5) is 23.0. The first-order valence-corrected chi connectivity index (χ1v) is 7.81. The van der Waals surface area contributed by atoms with Crippen LogP contribution in [0.3, 0.4) is 0 Å². The van der Waals surface area contributed by atoms with Crippen LogP contribution in [0.2, 0.25) is 10.0 Å². The molecular formula is C16H20Cl2N2O3. The van der Waals surface area contributed by atoms with Crippen molar-refractivity contribution in [3.8, 4) is 0 Å². The SMILES string of the molecule is CC(C)(C)OC(=O)NCCNC(=O)C=Cc1ccc(Cl)c(Cl)c1. The Morgan fingerprint density at radius 3 is 2.39 bits per heavy atom. The fourth-order valence-corrected chi connectivity index (χ4v) is 1.82. The number of benzene rings is 1. The van der Waals surface area contributed by atoms with Crippen molar-refractivity contribution < 1.29 is 14.3 Å². The third-order valence-electron chi connectivity index (χ3n) is 2.46. The van der Waals surface area contributed by atoms with Gasteiger partial charge in [-0.3, -0.25) is 4.79 Å². The number of hydrogen-bond donors (Lipinski definition) is 2. The van der Waals surface area contributed by atoms with Gasteiger partial charge in [0.1, 0.15) is 5.60 Å². The standard InChI is InChI=1S/C16H20Cl2N2O3/c1-16(2,3)23-15(22)20-9-8-19-14(21)7-5-11-4-6-12(17)13(18)10-11/h4-7,10H,8-9H2,1-3H3,(H,19,21)(H,20,22). The summed E-state index contributed by atoms with van der Waals surface area (Å²) in [7, 11) is 0. The predicted molar refractivity (Wildman–Crippen MR) is 92.7 cm³/mol. The highest BCUT2D eigenvalue weighted by Gasteiger charge is 2.15. The first-order chi connectivity index (χ1) is 10.7. The molecule has 0 fully saturated rings. The Kier molecular flexibility index (Phi) is 7.39. The second kappa shape index (κ2) is 8.79. The van der Waals surface area contributed by atoms with Gasteiger partial charge in [-0.2, -0.15) is 0 Å². The minimum Gasteiger partial charge on any atom is -0.444 e. The van der Waals surface area contributed by atoms with Crippen molar-refractivity contribution in [3.63, 3.8) is 0 Å². The first kappa shape index (κ1) is 19.3. The minimum atomic E-state index is -0.546. The molecule has 23 heavy (non-hydrogen) atoms. The molecule has 1 aromatic rings. The zero-order valence-corrected chi connectivity index (χ0v) is 14.8. The topological polar surface area (TPSA) is 67.4 Å². The Morgan fingerprint density at radius 1 is 1.13 bits per heavy atom. The highest BCUT2D eigenvalue weighted by Crippen LogP contribution is 2.23. The number of amides is 2. The van der Waals surface area contributed by atoms with Crippen LogP contribution in [0, 0.1) is 0 Å². The van der Waals surface area contributed by atoms with E-state index in [1.54, 1.807) is 45.0 Å². The lowest BCUT2D eigenvalue weighted by molar-refractivity contribution is -0.116. The molecular weight excluding hydrogens is 339 g/mol. The summed E-state index contributed by atoms with van der Waals surface area (Å²) in [6, 6.07) is 5.08. The van der Waals surface area contributed by atoms with Crippen molar-refractivity contribution in [1.29, 1.82) is 0 Å². The van der Waals surface area contributed by atoms with Crippen molar-refractivity contribution >= 4 is 41.3 Å². The average molecular weight is 359 g/mol. The second-order valence-electron chi connectivity index (χ2n) is 5.73. The van der Waals surface area contributed by atoms with Crippen LogP contribution in [-0.2, 0) is 9.53 Å². The van der Waals surface area contributed by atoms with Crippen LogP contribution >= 0.6 is 23.2 Å². The number of hydrogen-bond acceptors (Lipinski definition) is 3. The third-order valence-corrected chi connectivity index (χ3v) is 3.20. The lowest BCUT2D eigenvalue weighted by atomic mass is 10.2. The molecule has 0 saturated heterocycles. The van der Waals surface area contributed by atoms with E-state index in [9.17, 15) is 9.59 Å². The molecule has 5 nitrogen and oxygen atoms in total. The second-order valence-corrected chi connectivity index (χ2v) is 6.54. The quantitative estimate of drug-likeness (QED) is 0.623. The number of nitrogens with one attached hydrogen (secondary N) is 2. The maximum atomic E-state index is 11.6. The maximum Gasteiger partial charge on any atom is 0.407 e. The Hall–Kier alpha value is -1.72. The molecule has 0 saturated carbocycles. The molecule has 2 amide bonds. The van der Waals surface area contributed by atoms with E-state index in [1.165, 1.54) is 6.08 Å². The highest BCUT2D eigenvalue weighted by atomic mass is 35.5. The molecule has 2 N–H and O–H groups in total. The summed E-state index contributed by atoms with van der Waals surface area (Å²) in [6.07, 6.45) is 2.49. The van der Waals surface area contributed by atoms with Crippen LogP contribution in [0.5, 0.6) is 0 Å². The number of carbonyl (C=O) groups is 2. The van der Waals surface area contributed by atoms with Gasteiger partial charge in [0.05, 0.1) is 10.0 Å². The number of ether oxygens (including phenoxy) is 1. The van der Waals surface area contributed by atoms with Gasteiger partial charge in [0, 0.05) is 19.2 Å². The van der Waals surface area contributed by atoms with E-state index in [0.29, 0.717) is 16.6 Å². The van der Waals surface area contributed by atoms with E-state index in [0.717, 1.165) is 5.56 Å². The van der Waals surface area contributed by atoms with E-state index >= 15 is 0 Å². The lowest BCUT2D eigenvalue weighted by Gasteiger charge is -2.19. The van der Waals surface area contributed by atoms with E-state index in [1.807, 2.05) is 0 Å². The van der Waals surface area contributed by atoms with Crippen molar-refractivity contribution in [2.75, 3.05) is 13.1 Å². The van der Waals surface area contributed by atoms with Crippen LogP contribution < -0.4 is 10.6 Å². The van der Waals surface area contributed by atoms with Crippen LogP contribution in [0.1, 0.15) is 26.3 Å². The molecule has 0 heterocycles. The average Bonchev–Trinajstić information content (AvgIpc) is 2.43. The Morgan fingerprint density at radius 2 is 1.78 bits per heavy atom. The van der Waals surface area contributed by atoms with Gasteiger partial charge in [0.2, 0.25) is 5.91 Å². The van der Waals surface area contributed by atoms with Crippen LogP contribution in [0.4, 0.5) is 4.79 Å². The molecule has 1 rings (SSSR count). The van der Waals surface area contributed by atoms with Crippen molar-refractivity contribution in [2.45, 2.75) is 26.4 Å². The smallest absolute Gasteiger partial charge is 0.407 e. The molecule has 0 unspecified atom stereocenters. The van der Waals surface area contributed by atoms with E-state index in [2.05, 4.69) is 10.6 Å². The van der Waals surface area contributed by atoms with Gasteiger partial charge in [-0.25, -0.2) is 4.79 Å². The summed E-state index contributed by atoms with van der Waals surface area (Å²) >= 11 is 11.7. The van der Waals surface area contributed by atoms with Crippen LogP contribution in [0.25, 0.3) is 6.08 Å². The molecule has 0 aliphatic carbocycles. The van der Waals surface area contributed by atoms with Gasteiger partial charge in [-0.15, -0.1) is 0 Å². The number of rotatable bonds is 5. The predicted octanol–water partition coefficient (Wildman–Crippen LogP) is 3.65. The Bertz CT molecular complexity index is 595. The molecule has 0 atom stereocenters. The maximum absolute atomic E-state index is 11.6. The monoisotopic (exact) mass is 358 g/mol. The molecule has 0 aliphatic heterocycles. The Balaban J connectivity index is 2.30. The number of carbonyl (C=O) groups excluding carboxylic acids is 2. The molecule has 0 spiro atoms. The summed E-state index contributed by atoms with van der Waals surface area (Å²) in [6.45, 7) is 5.91. The van der Waals surface area contributed by atoms with Crippen molar-refractivity contribution in [2.24, 2.45) is 0 Å². The van der Waals surface area contributed by atoms with Crippen LogP contribution in [-0.4, -0.2) is 30.7 Å². The van der Waals surface area contributed by atoms with Gasteiger partial charge >= 0.3 is 6.09 Å². The van der Waals surface area contributed by atoms with Crippen molar-refractivity contribution in [3.05, 3.63) is 39.9 Å². The molecule has 0 aliphatic rings. The van der Waals surface area contributed by atoms with Crippen LogP contribution in [0.15, 0.2) is 24.3 Å². The minimum absolute atomic E-state index is 0.276. The zero-order valence-electron chi connectivity index (χ0n) is 13.3. The van der Waals surface area contributed by atoms with E-state index in [4.69, 9.17) is 27.9 Å². The third kappa shape index (κ3) is 8.47. The van der Waals surface area contributed by atoms with Gasteiger partial charge in [0.25, 0.3) is 0 Å². The first-order valence-electron chi connectivity index (χ1n) is 7.05. The fourth-order valence-electron chi connectivity index (χ4n) is 1.51. The van der Waals surface area contributed by atoms with E-state index in [-0.39, 0.29) is 12.5 Å². The summed E-state index contributed by atoms with van der Waals surface area (Å²) < 4.78 is 5.07. The van der Waals surface area contributed by atoms with Gasteiger partial charge < -0.3 is 15.4 Å². The lowest BCUT2D eigenvalue weighted by Crippen LogP contribution is -2.37. The molecule has 0 aromatic heterocycles.